The van der Waals surface area contributed by atoms with Crippen molar-refractivity contribution in [2.75, 3.05) is 25.1 Å². The van der Waals surface area contributed by atoms with Gasteiger partial charge in [-0.3, -0.25) is 0 Å². The molecule has 1 aromatic carbocycles. The van der Waals surface area contributed by atoms with Gasteiger partial charge < -0.3 is 14.4 Å². The first-order chi connectivity index (χ1) is 11.7. The zero-order valence-corrected chi connectivity index (χ0v) is 14.4. The van der Waals surface area contributed by atoms with Crippen molar-refractivity contribution in [3.63, 3.8) is 0 Å². The molecule has 1 saturated heterocycles. The van der Waals surface area contributed by atoms with Crippen LogP contribution in [0.5, 0.6) is 11.8 Å². The monoisotopic (exact) mass is 342 g/mol. The summed E-state index contributed by atoms with van der Waals surface area (Å²) < 4.78 is 12.4. The van der Waals surface area contributed by atoms with E-state index in [2.05, 4.69) is 20.9 Å². The third-order valence-corrected chi connectivity index (χ3v) is 5.12. The van der Waals surface area contributed by atoms with E-state index in [1.165, 1.54) is 0 Å². The maximum Gasteiger partial charge on any atom is 0.316 e. The maximum absolute atomic E-state index is 5.89. The Balaban J connectivity index is 1.49. The van der Waals surface area contributed by atoms with Gasteiger partial charge in [0, 0.05) is 25.4 Å². The standard InChI is InChI=1S/C17H18N4O2S/c1-11-8-18-16(19-9-11)23-12-6-7-21(10-12)17-20-15-13(22-2)4-3-5-14(15)24-17/h3-5,8-9,12H,6-7,10H2,1-2H3. The van der Waals surface area contributed by atoms with E-state index < -0.39 is 0 Å². The van der Waals surface area contributed by atoms with Gasteiger partial charge in [0.15, 0.2) is 5.13 Å². The van der Waals surface area contributed by atoms with Crippen LogP contribution in [0.1, 0.15) is 12.0 Å². The number of methoxy groups -OCH3 is 1. The fraction of sp³-hybridized carbons (Fsp3) is 0.353. The van der Waals surface area contributed by atoms with Crippen LogP contribution in [-0.4, -0.2) is 41.3 Å². The summed E-state index contributed by atoms with van der Waals surface area (Å²) in [4.78, 5) is 15.4. The van der Waals surface area contributed by atoms with E-state index in [4.69, 9.17) is 14.5 Å². The van der Waals surface area contributed by atoms with E-state index in [0.29, 0.717) is 6.01 Å². The van der Waals surface area contributed by atoms with Crippen LogP contribution in [0.3, 0.4) is 0 Å². The van der Waals surface area contributed by atoms with Gasteiger partial charge in [0.2, 0.25) is 0 Å². The number of benzene rings is 1. The van der Waals surface area contributed by atoms with Crippen LogP contribution in [0.2, 0.25) is 0 Å². The molecular formula is C17H18N4O2S. The third kappa shape index (κ3) is 2.87. The van der Waals surface area contributed by atoms with Crippen LogP contribution in [0, 0.1) is 6.92 Å². The molecule has 0 radical (unpaired) electrons. The lowest BCUT2D eigenvalue weighted by molar-refractivity contribution is 0.206. The molecule has 0 saturated carbocycles. The quantitative estimate of drug-likeness (QED) is 0.726. The molecule has 4 rings (SSSR count). The number of aryl methyl sites for hydroxylation is 1. The Morgan fingerprint density at radius 2 is 2.08 bits per heavy atom. The molecule has 124 valence electrons. The largest absolute Gasteiger partial charge is 0.494 e. The molecule has 1 aliphatic heterocycles. The van der Waals surface area contributed by atoms with Gasteiger partial charge in [-0.1, -0.05) is 17.4 Å². The Morgan fingerprint density at radius 1 is 1.25 bits per heavy atom. The zero-order valence-electron chi connectivity index (χ0n) is 13.6. The smallest absolute Gasteiger partial charge is 0.316 e. The lowest BCUT2D eigenvalue weighted by atomic mass is 10.3. The molecule has 2 aromatic heterocycles. The molecule has 0 spiro atoms. The normalized spacial score (nSPS) is 17.4. The molecule has 0 N–H and O–H groups in total. The number of hydrogen-bond acceptors (Lipinski definition) is 7. The van der Waals surface area contributed by atoms with Gasteiger partial charge in [-0.2, -0.15) is 0 Å². The van der Waals surface area contributed by atoms with Gasteiger partial charge in [0.1, 0.15) is 17.4 Å². The molecule has 3 heterocycles. The summed E-state index contributed by atoms with van der Waals surface area (Å²) in [6.45, 7) is 3.67. The molecular weight excluding hydrogens is 324 g/mol. The molecule has 1 aliphatic rings. The number of anilines is 1. The minimum absolute atomic E-state index is 0.0848. The number of fused-ring (bicyclic) bond motifs is 1. The number of ether oxygens (including phenoxy) is 2. The van der Waals surface area contributed by atoms with Gasteiger partial charge in [-0.05, 0) is 24.6 Å². The SMILES string of the molecule is COc1cccc2sc(N3CCC(Oc4ncc(C)cn4)C3)nc12. The number of hydrogen-bond donors (Lipinski definition) is 0. The van der Waals surface area contributed by atoms with Crippen molar-refractivity contribution in [1.29, 1.82) is 0 Å². The summed E-state index contributed by atoms with van der Waals surface area (Å²) in [5, 5.41) is 1.01. The van der Waals surface area contributed by atoms with E-state index in [-0.39, 0.29) is 6.10 Å². The van der Waals surface area contributed by atoms with Gasteiger partial charge in [0.05, 0.1) is 18.4 Å². The van der Waals surface area contributed by atoms with Crippen LogP contribution in [0.25, 0.3) is 10.2 Å². The van der Waals surface area contributed by atoms with Crippen molar-refractivity contribution >= 4 is 26.7 Å². The van der Waals surface area contributed by atoms with Crippen molar-refractivity contribution in [1.82, 2.24) is 15.0 Å². The first-order valence-corrected chi connectivity index (χ1v) is 8.68. The number of rotatable bonds is 4. The first-order valence-electron chi connectivity index (χ1n) is 7.87. The van der Waals surface area contributed by atoms with E-state index in [9.17, 15) is 0 Å². The van der Waals surface area contributed by atoms with E-state index in [1.807, 2.05) is 19.1 Å². The average Bonchev–Trinajstić information content (AvgIpc) is 3.23. The number of nitrogens with zero attached hydrogens (tertiary/aromatic N) is 4. The molecule has 1 fully saturated rings. The van der Waals surface area contributed by atoms with Crippen molar-refractivity contribution < 1.29 is 9.47 Å². The highest BCUT2D eigenvalue weighted by molar-refractivity contribution is 7.22. The summed E-state index contributed by atoms with van der Waals surface area (Å²) in [5.74, 6) is 0.815. The van der Waals surface area contributed by atoms with Gasteiger partial charge in [0.25, 0.3) is 0 Å². The lowest BCUT2D eigenvalue weighted by Gasteiger charge is -2.15. The van der Waals surface area contributed by atoms with Crippen LogP contribution in [0.4, 0.5) is 5.13 Å². The average molecular weight is 342 g/mol. The minimum atomic E-state index is 0.0848. The molecule has 3 aromatic rings. The van der Waals surface area contributed by atoms with Crippen molar-refractivity contribution in [2.24, 2.45) is 0 Å². The van der Waals surface area contributed by atoms with Gasteiger partial charge in [-0.25, -0.2) is 15.0 Å². The fourth-order valence-electron chi connectivity index (χ4n) is 2.80. The third-order valence-electron chi connectivity index (χ3n) is 4.04. The minimum Gasteiger partial charge on any atom is -0.494 e. The van der Waals surface area contributed by atoms with Gasteiger partial charge in [-0.15, -0.1) is 0 Å². The van der Waals surface area contributed by atoms with Crippen LogP contribution in [0.15, 0.2) is 30.6 Å². The van der Waals surface area contributed by atoms with Crippen molar-refractivity contribution in [3.8, 4) is 11.8 Å². The summed E-state index contributed by atoms with van der Waals surface area (Å²) in [5.41, 5.74) is 1.95. The summed E-state index contributed by atoms with van der Waals surface area (Å²) >= 11 is 1.68. The highest BCUT2D eigenvalue weighted by Crippen LogP contribution is 2.35. The van der Waals surface area contributed by atoms with Crippen molar-refractivity contribution in [3.05, 3.63) is 36.2 Å². The Labute approximate surface area is 144 Å². The van der Waals surface area contributed by atoms with Crippen LogP contribution in [-0.2, 0) is 0 Å². The Bertz CT molecular complexity index is 849. The lowest BCUT2D eigenvalue weighted by Crippen LogP contribution is -2.24. The predicted octanol–water partition coefficient (Wildman–Crippen LogP) is 3.06. The predicted molar refractivity (Wildman–Crippen MR) is 94.2 cm³/mol. The summed E-state index contributed by atoms with van der Waals surface area (Å²) in [6.07, 6.45) is 4.57. The molecule has 0 amide bonds. The van der Waals surface area contributed by atoms with Crippen LogP contribution < -0.4 is 14.4 Å². The molecule has 0 aliphatic carbocycles. The Morgan fingerprint density at radius 3 is 2.88 bits per heavy atom. The number of aromatic nitrogens is 3. The van der Waals surface area contributed by atoms with E-state index >= 15 is 0 Å². The molecule has 24 heavy (non-hydrogen) atoms. The van der Waals surface area contributed by atoms with E-state index in [1.54, 1.807) is 30.8 Å². The second-order valence-corrected chi connectivity index (χ2v) is 6.83. The van der Waals surface area contributed by atoms with Crippen molar-refractivity contribution in [2.45, 2.75) is 19.4 Å². The molecule has 1 atom stereocenters. The van der Waals surface area contributed by atoms with Gasteiger partial charge >= 0.3 is 6.01 Å². The number of para-hydroxylation sites is 1. The number of thiazole rings is 1. The molecule has 6 nitrogen and oxygen atoms in total. The Kier molecular flexibility index (Phi) is 3.93. The summed E-state index contributed by atoms with van der Waals surface area (Å²) in [6, 6.07) is 6.45. The second-order valence-electron chi connectivity index (χ2n) is 5.82. The zero-order chi connectivity index (χ0) is 16.5. The molecule has 0 bridgehead atoms. The van der Waals surface area contributed by atoms with Crippen LogP contribution >= 0.6 is 11.3 Å². The first kappa shape index (κ1) is 15.1. The highest BCUT2D eigenvalue weighted by Gasteiger charge is 2.27. The topological polar surface area (TPSA) is 60.4 Å². The second kappa shape index (κ2) is 6.24. The molecule has 1 unspecified atom stereocenters. The van der Waals surface area contributed by atoms with E-state index in [0.717, 1.165) is 46.2 Å². The Hall–Kier alpha value is -2.41. The molecule has 7 heteroatoms. The highest BCUT2D eigenvalue weighted by atomic mass is 32.1. The fourth-order valence-corrected chi connectivity index (χ4v) is 3.82. The maximum atomic E-state index is 5.89. The summed E-state index contributed by atoms with van der Waals surface area (Å²) in [7, 11) is 1.68.